The zero-order chi connectivity index (χ0) is 30.9. The summed E-state index contributed by atoms with van der Waals surface area (Å²) in [5.41, 5.74) is 10.0. The van der Waals surface area contributed by atoms with Gasteiger partial charge in [0.2, 0.25) is 5.91 Å². The lowest BCUT2D eigenvalue weighted by atomic mass is 9.63. The number of carbonyl (C=O) groups is 1. The van der Waals surface area contributed by atoms with Crippen LogP contribution in [0, 0.1) is 11.3 Å². The minimum absolute atomic E-state index is 0.0464. The van der Waals surface area contributed by atoms with E-state index in [4.69, 9.17) is 30.5 Å². The lowest BCUT2D eigenvalue weighted by molar-refractivity contribution is -0.120. The van der Waals surface area contributed by atoms with Gasteiger partial charge in [0.05, 0.1) is 28.6 Å². The van der Waals surface area contributed by atoms with E-state index in [1.807, 2.05) is 10.9 Å². The Kier molecular flexibility index (Phi) is 6.83. The van der Waals surface area contributed by atoms with Crippen molar-refractivity contribution < 1.29 is 9.32 Å². The summed E-state index contributed by atoms with van der Waals surface area (Å²) in [5, 5.41) is 24.1. The van der Waals surface area contributed by atoms with Crippen molar-refractivity contribution >= 4 is 39.1 Å². The third-order valence-electron chi connectivity index (χ3n) is 10.6. The number of nitrogen functional groups attached to an aromatic ring is 1. The van der Waals surface area contributed by atoms with Crippen LogP contribution >= 0.6 is 11.3 Å². The SMILES string of the molecule is C[C@@H]([C@@H]1CCCN1C)n1ncc2c(N3CCNC(=O)CC3)nc(-c3noc4c3CCC[C@@]43CCCc4sc(N)c(C#N)c43)nc21. The van der Waals surface area contributed by atoms with Crippen LogP contribution in [0.15, 0.2) is 10.7 Å². The van der Waals surface area contributed by atoms with E-state index in [0.717, 1.165) is 85.2 Å². The molecule has 4 aromatic heterocycles. The number of aromatic nitrogens is 5. The van der Waals surface area contributed by atoms with Gasteiger partial charge in [-0.05, 0) is 77.4 Å². The monoisotopic (exact) mass is 626 g/mol. The van der Waals surface area contributed by atoms with Crippen LogP contribution in [0.4, 0.5) is 10.8 Å². The number of nitriles is 1. The van der Waals surface area contributed by atoms with E-state index in [1.54, 1.807) is 11.3 Å². The Balaban J connectivity index is 1.29. The standard InChI is InChI=1S/C32H38N10O2S/c1-18(22-7-5-13-40(22)2)42-31-21(17-36-42)30(41-14-9-24(43)35-12-15-41)37-29(38-31)26-19-6-3-10-32(27(19)44-39-26)11-4-8-23-25(32)20(16-33)28(34)45-23/h17-18,22H,3-15,34H2,1-2H3,(H,35,43)/t18-,22-,32-/m0/s1. The van der Waals surface area contributed by atoms with Crippen molar-refractivity contribution in [1.82, 2.24) is 35.1 Å². The molecule has 6 heterocycles. The number of nitrogens with zero attached hydrogens (tertiary/aromatic N) is 8. The molecule has 3 N–H and O–H groups in total. The van der Waals surface area contributed by atoms with E-state index in [0.29, 0.717) is 54.2 Å². The Hall–Kier alpha value is -4.02. The van der Waals surface area contributed by atoms with Gasteiger partial charge in [-0.2, -0.15) is 10.4 Å². The van der Waals surface area contributed by atoms with Gasteiger partial charge in [-0.3, -0.25) is 4.79 Å². The van der Waals surface area contributed by atoms with Crippen molar-refractivity contribution in [2.24, 2.45) is 0 Å². The van der Waals surface area contributed by atoms with E-state index in [9.17, 15) is 10.1 Å². The summed E-state index contributed by atoms with van der Waals surface area (Å²) < 4.78 is 8.36. The van der Waals surface area contributed by atoms with Crippen LogP contribution in [0.2, 0.25) is 0 Å². The second-order valence-electron chi connectivity index (χ2n) is 13.1. The Morgan fingerprint density at radius 2 is 2.02 bits per heavy atom. The number of fused-ring (bicyclic) bond motifs is 5. The number of rotatable bonds is 4. The molecule has 0 bridgehead atoms. The van der Waals surface area contributed by atoms with Crippen LogP contribution in [-0.4, -0.2) is 75.0 Å². The van der Waals surface area contributed by atoms with Crippen LogP contribution in [-0.2, 0) is 23.1 Å². The summed E-state index contributed by atoms with van der Waals surface area (Å²) in [6.45, 7) is 5.04. The van der Waals surface area contributed by atoms with Crippen LogP contribution < -0.4 is 16.0 Å². The summed E-state index contributed by atoms with van der Waals surface area (Å²) in [6, 6.07) is 2.88. The Bertz CT molecular complexity index is 1850. The minimum Gasteiger partial charge on any atom is -0.389 e. The first kappa shape index (κ1) is 28.5. The minimum atomic E-state index is -0.418. The third kappa shape index (κ3) is 4.36. The van der Waals surface area contributed by atoms with E-state index in [-0.39, 0.29) is 11.9 Å². The topological polar surface area (TPSA) is 155 Å². The first-order chi connectivity index (χ1) is 21.9. The number of nitrogens with two attached hydrogens (primary N) is 1. The third-order valence-corrected chi connectivity index (χ3v) is 11.7. The molecule has 0 unspecified atom stereocenters. The maximum atomic E-state index is 12.2. The Morgan fingerprint density at radius 1 is 1.18 bits per heavy atom. The number of likely N-dealkylation sites (N-methyl/N-ethyl adjacent to an activating group) is 1. The van der Waals surface area contributed by atoms with Gasteiger partial charge in [0.1, 0.15) is 16.9 Å². The predicted octanol–water partition coefficient (Wildman–Crippen LogP) is 3.94. The fourth-order valence-electron chi connectivity index (χ4n) is 8.46. The molecule has 0 radical (unpaired) electrons. The van der Waals surface area contributed by atoms with E-state index >= 15 is 0 Å². The van der Waals surface area contributed by atoms with Gasteiger partial charge < -0.3 is 25.4 Å². The molecule has 1 spiro atoms. The van der Waals surface area contributed by atoms with Gasteiger partial charge in [0, 0.05) is 42.5 Å². The molecule has 8 rings (SSSR count). The average Bonchev–Trinajstić information content (AvgIpc) is 3.81. The molecule has 2 fully saturated rings. The predicted molar refractivity (Wildman–Crippen MR) is 171 cm³/mol. The van der Waals surface area contributed by atoms with Gasteiger partial charge in [0.15, 0.2) is 22.9 Å². The summed E-state index contributed by atoms with van der Waals surface area (Å²) in [4.78, 5) is 28.4. The number of anilines is 2. The van der Waals surface area contributed by atoms with Crippen molar-refractivity contribution in [2.45, 2.75) is 82.2 Å². The van der Waals surface area contributed by atoms with E-state index in [1.165, 1.54) is 11.3 Å². The van der Waals surface area contributed by atoms with E-state index < -0.39 is 5.41 Å². The van der Waals surface area contributed by atoms with Gasteiger partial charge in [-0.1, -0.05) is 5.16 Å². The summed E-state index contributed by atoms with van der Waals surface area (Å²) in [7, 11) is 2.18. The Labute approximate surface area is 265 Å². The van der Waals surface area contributed by atoms with Crippen LogP contribution in [0.5, 0.6) is 0 Å². The van der Waals surface area contributed by atoms with Crippen molar-refractivity contribution in [3.8, 4) is 17.6 Å². The number of likely N-dealkylation sites (tertiary alicyclic amines) is 1. The average molecular weight is 627 g/mol. The van der Waals surface area contributed by atoms with Crippen molar-refractivity contribution in [3.05, 3.63) is 33.5 Å². The summed E-state index contributed by atoms with van der Waals surface area (Å²) in [5.74, 6) is 2.16. The lowest BCUT2D eigenvalue weighted by Crippen LogP contribution is -2.35. The normalized spacial score (nSPS) is 24.3. The molecule has 1 amide bonds. The number of hydrogen-bond donors (Lipinski definition) is 2. The zero-order valence-electron chi connectivity index (χ0n) is 25.8. The van der Waals surface area contributed by atoms with Gasteiger partial charge in [-0.15, -0.1) is 11.3 Å². The zero-order valence-corrected chi connectivity index (χ0v) is 26.6. The number of carbonyl (C=O) groups excluding carboxylic acids is 1. The number of hydrogen-bond acceptors (Lipinski definition) is 11. The quantitative estimate of drug-likeness (QED) is 0.340. The van der Waals surface area contributed by atoms with Crippen LogP contribution in [0.3, 0.4) is 0 Å². The molecule has 45 heavy (non-hydrogen) atoms. The Morgan fingerprint density at radius 3 is 2.82 bits per heavy atom. The second kappa shape index (κ2) is 10.8. The molecule has 2 aliphatic heterocycles. The van der Waals surface area contributed by atoms with Gasteiger partial charge in [0.25, 0.3) is 0 Å². The largest absolute Gasteiger partial charge is 0.389 e. The van der Waals surface area contributed by atoms with Crippen molar-refractivity contribution in [3.63, 3.8) is 0 Å². The highest BCUT2D eigenvalue weighted by atomic mass is 32.1. The molecule has 2 saturated heterocycles. The van der Waals surface area contributed by atoms with Gasteiger partial charge >= 0.3 is 0 Å². The summed E-state index contributed by atoms with van der Waals surface area (Å²) in [6.07, 6.45) is 10.0. The number of thiophene rings is 1. The highest BCUT2D eigenvalue weighted by Crippen LogP contribution is 2.55. The number of amides is 1. The highest BCUT2D eigenvalue weighted by Gasteiger charge is 2.49. The van der Waals surface area contributed by atoms with E-state index in [2.05, 4.69) is 35.2 Å². The molecule has 13 heteroatoms. The van der Waals surface area contributed by atoms with Crippen molar-refractivity contribution in [2.75, 3.05) is 43.9 Å². The molecule has 12 nitrogen and oxygen atoms in total. The molecule has 0 saturated carbocycles. The molecular weight excluding hydrogens is 588 g/mol. The van der Waals surface area contributed by atoms with Crippen molar-refractivity contribution in [1.29, 1.82) is 5.26 Å². The lowest BCUT2D eigenvalue weighted by Gasteiger charge is -2.39. The number of aryl methyl sites for hydroxylation is 1. The molecule has 3 atom stereocenters. The molecular formula is C32H38N10O2S. The fraction of sp³-hybridized carbons (Fsp3) is 0.562. The maximum absolute atomic E-state index is 12.2. The van der Waals surface area contributed by atoms with Gasteiger partial charge in [-0.25, -0.2) is 14.6 Å². The first-order valence-electron chi connectivity index (χ1n) is 16.2. The molecule has 4 aliphatic rings. The summed E-state index contributed by atoms with van der Waals surface area (Å²) >= 11 is 1.54. The number of nitrogens with one attached hydrogen (secondary N) is 1. The second-order valence-corrected chi connectivity index (χ2v) is 14.2. The molecule has 234 valence electrons. The van der Waals surface area contributed by atoms with Crippen LogP contribution in [0.25, 0.3) is 22.6 Å². The smallest absolute Gasteiger partial charge is 0.221 e. The van der Waals surface area contributed by atoms with Crippen LogP contribution in [0.1, 0.15) is 85.2 Å². The maximum Gasteiger partial charge on any atom is 0.221 e. The fourth-order valence-corrected chi connectivity index (χ4v) is 9.62. The highest BCUT2D eigenvalue weighted by molar-refractivity contribution is 7.16. The molecule has 4 aromatic rings. The first-order valence-corrected chi connectivity index (χ1v) is 17.0. The molecule has 0 aromatic carbocycles. The molecule has 2 aliphatic carbocycles.